The van der Waals surface area contributed by atoms with Crippen molar-refractivity contribution in [3.05, 3.63) is 161 Å². The summed E-state index contributed by atoms with van der Waals surface area (Å²) in [5.74, 6) is -0.264. The summed E-state index contributed by atoms with van der Waals surface area (Å²) < 4.78 is 56.2. The minimum atomic E-state index is -3.13. The maximum atomic E-state index is 17.7. The molecule has 13 rings (SSSR count). The number of benzene rings is 5. The van der Waals surface area contributed by atoms with Crippen LogP contribution in [-0.4, -0.2) is 132 Å². The topological polar surface area (TPSA) is 180 Å². The van der Waals surface area contributed by atoms with Crippen LogP contribution in [0.25, 0.3) is 43.4 Å². The van der Waals surface area contributed by atoms with E-state index in [2.05, 4.69) is 120 Å². The number of ether oxygens (including phenoxy) is 4. The maximum Gasteiger partial charge on any atom is 0.319 e. The first-order chi connectivity index (χ1) is 47.0. The van der Waals surface area contributed by atoms with E-state index in [0.29, 0.717) is 47.9 Å². The highest BCUT2D eigenvalue weighted by Gasteiger charge is 2.55. The van der Waals surface area contributed by atoms with Crippen molar-refractivity contribution in [1.29, 1.82) is 0 Å². The van der Waals surface area contributed by atoms with E-state index in [1.807, 2.05) is 81.7 Å². The molecule has 4 aliphatic heterocycles. The second-order valence-electron chi connectivity index (χ2n) is 28.2. The van der Waals surface area contributed by atoms with Gasteiger partial charge in [0, 0.05) is 57.0 Å². The minimum Gasteiger partial charge on any atom is -0.474 e. The molecule has 4 fully saturated rings. The van der Waals surface area contributed by atoms with Crippen molar-refractivity contribution in [2.75, 3.05) is 58.2 Å². The van der Waals surface area contributed by atoms with E-state index in [-0.39, 0.29) is 76.8 Å². The molecule has 6 atom stereocenters. The molecule has 8 heterocycles. The zero-order valence-electron chi connectivity index (χ0n) is 57.3. The first-order valence-electron chi connectivity index (χ1n) is 34.7. The van der Waals surface area contributed by atoms with E-state index >= 15 is 14.0 Å². The molecule has 0 radical (unpaired) electrons. The number of methoxy groups -OCH3 is 1. The van der Waals surface area contributed by atoms with E-state index < -0.39 is 32.2 Å². The molecule has 9 aromatic rings. The van der Waals surface area contributed by atoms with Gasteiger partial charge in [-0.2, -0.15) is 9.97 Å². The van der Waals surface area contributed by atoms with Crippen molar-refractivity contribution >= 4 is 69.3 Å². The van der Waals surface area contributed by atoms with Gasteiger partial charge in [-0.05, 0) is 131 Å². The minimum absolute atomic E-state index is 0.0238. The van der Waals surface area contributed by atoms with Gasteiger partial charge in [0.15, 0.2) is 18.4 Å². The zero-order chi connectivity index (χ0) is 67.6. The standard InChI is InChI=1S/C77H90FN9O8SSi/c1-10-52-23-21-24-55-39-57(93-48-90-9)40-61(67(52)55)69-68(78)70-62(43-79-69)72(85-36-19-11-12-20-37-85)83-75(82-70)92-46-77-34-22-38-87(77)56(33-35-77)45-91-65-42-64(94-84-65)66(49(2)3)74(89)86-44-58(95-97(76(6,7)8,59-25-15-13-16-26-59)60-27-17-14-18-28-60)41-63(86)73(88)81-50(4)53-29-31-54(32-30-53)71-51(5)80-47-96-71/h13-18,21,23-32,39-40,42-43,47,49-50,56,58,63,66H,10-12,19-20,22,33-38,41,44-46,48H2,1-9H3,(H,81,88)/t50-,56-,58+,63-,66-,77+/m0/s1. The number of halogens is 1. The van der Waals surface area contributed by atoms with Crippen LogP contribution in [0, 0.1) is 18.7 Å². The number of likely N-dealkylation sites (tertiary alicyclic amines) is 1. The van der Waals surface area contributed by atoms with Crippen LogP contribution in [0.15, 0.2) is 138 Å². The van der Waals surface area contributed by atoms with Crippen LogP contribution in [0.4, 0.5) is 10.2 Å². The summed E-state index contributed by atoms with van der Waals surface area (Å²) in [6.45, 7) is 20.1. The number of rotatable bonds is 23. The molecule has 4 aliphatic rings. The largest absolute Gasteiger partial charge is 0.474 e. The number of carbonyl (C=O) groups excluding carboxylic acids is 2. The molecule has 97 heavy (non-hydrogen) atoms. The van der Waals surface area contributed by atoms with Crippen LogP contribution in [0.1, 0.15) is 141 Å². The third kappa shape index (κ3) is 13.5. The number of anilines is 1. The van der Waals surface area contributed by atoms with Gasteiger partial charge in [-0.15, -0.1) is 11.3 Å². The highest BCUT2D eigenvalue weighted by atomic mass is 32.1. The summed E-state index contributed by atoms with van der Waals surface area (Å²) in [5, 5.41) is 12.0. The Morgan fingerprint density at radius 1 is 0.845 bits per heavy atom. The summed E-state index contributed by atoms with van der Waals surface area (Å²) >= 11 is 1.60. The Labute approximate surface area is 573 Å². The molecule has 4 saturated heterocycles. The van der Waals surface area contributed by atoms with Gasteiger partial charge in [0.1, 0.15) is 48.0 Å². The van der Waals surface area contributed by atoms with Crippen molar-refractivity contribution < 1.29 is 41.9 Å². The van der Waals surface area contributed by atoms with Gasteiger partial charge in [0.2, 0.25) is 11.8 Å². The number of hydrogen-bond donors (Lipinski definition) is 1. The maximum absolute atomic E-state index is 17.7. The Balaban J connectivity index is 0.739. The lowest BCUT2D eigenvalue weighted by atomic mass is 9.91. The van der Waals surface area contributed by atoms with E-state index in [1.54, 1.807) is 35.6 Å². The second-order valence-corrected chi connectivity index (χ2v) is 33.3. The van der Waals surface area contributed by atoms with Crippen molar-refractivity contribution in [2.45, 2.75) is 160 Å². The molecule has 1 N–H and O–H groups in total. The molecule has 17 nitrogen and oxygen atoms in total. The van der Waals surface area contributed by atoms with Gasteiger partial charge in [-0.1, -0.05) is 158 Å². The van der Waals surface area contributed by atoms with Crippen LogP contribution in [-0.2, 0) is 25.2 Å². The summed E-state index contributed by atoms with van der Waals surface area (Å²) in [7, 11) is -1.55. The quantitative estimate of drug-likeness (QED) is 0.0472. The summed E-state index contributed by atoms with van der Waals surface area (Å²) in [5.41, 5.74) is 6.53. The third-order valence-electron chi connectivity index (χ3n) is 20.6. The van der Waals surface area contributed by atoms with Gasteiger partial charge >= 0.3 is 6.01 Å². The van der Waals surface area contributed by atoms with Crippen molar-refractivity contribution in [2.24, 2.45) is 5.92 Å². The van der Waals surface area contributed by atoms with Crippen LogP contribution >= 0.6 is 11.3 Å². The van der Waals surface area contributed by atoms with E-state index in [1.165, 1.54) is 0 Å². The average Bonchev–Trinajstić information content (AvgIpc) is 1.19. The highest BCUT2D eigenvalue weighted by molar-refractivity contribution is 7.13. The molecule has 2 amide bonds. The number of carbonyl (C=O) groups is 2. The van der Waals surface area contributed by atoms with Crippen LogP contribution in [0.3, 0.4) is 0 Å². The molecule has 0 bridgehead atoms. The second kappa shape index (κ2) is 28.7. The van der Waals surface area contributed by atoms with E-state index in [9.17, 15) is 0 Å². The van der Waals surface area contributed by atoms with Gasteiger partial charge in [0.25, 0.3) is 14.2 Å². The number of aryl methyl sites for hydroxylation is 2. The lowest BCUT2D eigenvalue weighted by Gasteiger charge is -2.44. The fourth-order valence-corrected chi connectivity index (χ4v) is 21.2. The Morgan fingerprint density at radius 2 is 1.59 bits per heavy atom. The predicted octanol–water partition coefficient (Wildman–Crippen LogP) is 13.9. The molecule has 0 unspecified atom stereocenters. The Hall–Kier alpha value is -8.14. The fourth-order valence-electron chi connectivity index (χ4n) is 15.7. The Bertz CT molecular complexity index is 4200. The SMILES string of the molecule is CCc1cccc2cc(OCOC)cc(-c3ncc4c(N5CCCCCC5)nc(OC[C@]56CCCN5[C@H](COc5cc([C@@H](C(=O)N7C[C@H](O[Si](c8ccccc8)(c8ccccc8)C(C)(C)C)C[C@H]7C(=O)N[C@@H](C)c7ccc(-c8scnc8C)cc7)C(C)C)on5)CC6)nc4c3F)c12. The van der Waals surface area contributed by atoms with E-state index in [4.69, 9.17) is 42.8 Å². The molecule has 0 spiro atoms. The predicted molar refractivity (Wildman–Crippen MR) is 381 cm³/mol. The van der Waals surface area contributed by atoms with Gasteiger partial charge in [0.05, 0.1) is 39.2 Å². The summed E-state index contributed by atoms with van der Waals surface area (Å²) in [6.07, 6.45) is 10.1. The van der Waals surface area contributed by atoms with Crippen molar-refractivity contribution in [3.63, 3.8) is 0 Å². The van der Waals surface area contributed by atoms with Gasteiger partial charge in [-0.25, -0.2) is 9.37 Å². The number of amides is 2. The van der Waals surface area contributed by atoms with Gasteiger partial charge < -0.3 is 43.0 Å². The third-order valence-corrected chi connectivity index (χ3v) is 26.7. The smallest absolute Gasteiger partial charge is 0.319 e. The molecule has 5 aromatic carbocycles. The summed E-state index contributed by atoms with van der Waals surface area (Å²) in [4.78, 5) is 57.7. The highest BCUT2D eigenvalue weighted by Crippen LogP contribution is 2.46. The Morgan fingerprint density at radius 3 is 2.27 bits per heavy atom. The van der Waals surface area contributed by atoms with Crippen LogP contribution in [0.5, 0.6) is 17.6 Å². The Kier molecular flexibility index (Phi) is 20.0. The number of nitrogens with zero attached hydrogens (tertiary/aromatic N) is 8. The van der Waals surface area contributed by atoms with E-state index in [0.717, 1.165) is 126 Å². The molecule has 4 aromatic heterocycles. The van der Waals surface area contributed by atoms with Crippen molar-refractivity contribution in [3.8, 4) is 39.3 Å². The number of nitrogens with one attached hydrogen (secondary N) is 1. The first-order valence-corrected chi connectivity index (χ1v) is 37.4. The first kappa shape index (κ1) is 67.4. The fraction of sp³-hybridized carbons (Fsp3) is 0.442. The number of pyridine rings is 1. The normalized spacial score (nSPS) is 19.9. The number of hydrogen-bond acceptors (Lipinski definition) is 16. The molecule has 508 valence electrons. The average molecular weight is 1350 g/mol. The summed E-state index contributed by atoms with van der Waals surface area (Å²) in [6, 6.07) is 39.7. The number of thiazole rings is 1. The molecular formula is C77H90FN9O8SSi. The van der Waals surface area contributed by atoms with Crippen LogP contribution in [0.2, 0.25) is 5.04 Å². The van der Waals surface area contributed by atoms with Gasteiger partial charge in [-0.3, -0.25) is 19.5 Å². The lowest BCUT2D eigenvalue weighted by molar-refractivity contribution is -0.141. The molecule has 20 heteroatoms. The molecule has 0 saturated carbocycles. The zero-order valence-corrected chi connectivity index (χ0v) is 59.1. The molecule has 0 aliphatic carbocycles. The number of fused-ring (bicyclic) bond motifs is 3. The molecular weight excluding hydrogens is 1260 g/mol. The monoisotopic (exact) mass is 1350 g/mol. The number of aromatic nitrogens is 5. The lowest BCUT2D eigenvalue weighted by Crippen LogP contribution is -2.67. The van der Waals surface area contributed by atoms with Crippen molar-refractivity contribution in [1.82, 2.24) is 40.2 Å². The van der Waals surface area contributed by atoms with Crippen LogP contribution < -0.4 is 34.8 Å².